The topological polar surface area (TPSA) is 70.7 Å². The number of hydrogen-bond acceptors (Lipinski definition) is 4. The first kappa shape index (κ1) is 22.1. The Morgan fingerprint density at radius 2 is 1.71 bits per heavy atom. The lowest BCUT2D eigenvalue weighted by molar-refractivity contribution is 0.0519. The van der Waals surface area contributed by atoms with Gasteiger partial charge in [-0.3, -0.25) is 4.79 Å². The summed E-state index contributed by atoms with van der Waals surface area (Å²) in [6, 6.07) is 2.79. The fourth-order valence-electron chi connectivity index (χ4n) is 3.07. The van der Waals surface area contributed by atoms with Crippen LogP contribution in [-0.2, 0) is 4.74 Å². The van der Waals surface area contributed by atoms with E-state index in [1.54, 1.807) is 0 Å². The molecule has 0 bridgehead atoms. The van der Waals surface area contributed by atoms with Crippen LogP contribution in [-0.4, -0.2) is 55.2 Å². The van der Waals surface area contributed by atoms with Gasteiger partial charge in [-0.2, -0.15) is 0 Å². The van der Waals surface area contributed by atoms with Crippen molar-refractivity contribution in [3.05, 3.63) is 35.4 Å². The van der Waals surface area contributed by atoms with Gasteiger partial charge in [-0.25, -0.2) is 13.6 Å². The first-order valence-corrected chi connectivity index (χ1v) is 9.56. The molecule has 0 spiro atoms. The molecule has 1 aliphatic heterocycles. The van der Waals surface area contributed by atoms with E-state index in [9.17, 15) is 18.4 Å². The van der Waals surface area contributed by atoms with Crippen molar-refractivity contribution < 1.29 is 23.1 Å². The van der Waals surface area contributed by atoms with E-state index in [0.29, 0.717) is 19.0 Å². The summed E-state index contributed by atoms with van der Waals surface area (Å²) >= 11 is 0. The Kier molecular flexibility index (Phi) is 7.74. The minimum absolute atomic E-state index is 0.0110. The lowest BCUT2D eigenvalue weighted by atomic mass is 9.96. The second-order valence-corrected chi connectivity index (χ2v) is 8.08. The number of nitrogens with one attached hydrogen (secondary N) is 2. The highest BCUT2D eigenvalue weighted by Gasteiger charge is 2.21. The minimum atomic E-state index is -0.765. The molecule has 1 heterocycles. The summed E-state index contributed by atoms with van der Waals surface area (Å²) in [7, 11) is 0. The van der Waals surface area contributed by atoms with Crippen LogP contribution in [0.1, 0.15) is 44.0 Å². The fourth-order valence-corrected chi connectivity index (χ4v) is 3.07. The summed E-state index contributed by atoms with van der Waals surface area (Å²) in [5.41, 5.74) is -0.521. The highest BCUT2D eigenvalue weighted by molar-refractivity contribution is 5.94. The Morgan fingerprint density at radius 3 is 2.29 bits per heavy atom. The van der Waals surface area contributed by atoms with E-state index < -0.39 is 29.2 Å². The van der Waals surface area contributed by atoms with Gasteiger partial charge in [-0.1, -0.05) is 0 Å². The molecule has 0 unspecified atom stereocenters. The number of rotatable bonds is 6. The van der Waals surface area contributed by atoms with Crippen molar-refractivity contribution in [1.82, 2.24) is 15.5 Å². The average Bonchev–Trinajstić information content (AvgIpc) is 2.58. The molecular formula is C20H29F2N3O3. The number of hydrogen-bond donors (Lipinski definition) is 2. The van der Waals surface area contributed by atoms with Gasteiger partial charge in [-0.05, 0) is 64.8 Å². The van der Waals surface area contributed by atoms with E-state index in [1.165, 1.54) is 0 Å². The third-order valence-electron chi connectivity index (χ3n) is 4.48. The Hall–Kier alpha value is -2.22. The molecule has 1 aromatic rings. The normalized spacial score (nSPS) is 15.9. The fraction of sp³-hybridized carbons (Fsp3) is 0.600. The number of carbonyl (C=O) groups is 2. The van der Waals surface area contributed by atoms with E-state index in [4.69, 9.17) is 4.74 Å². The predicted octanol–water partition coefficient (Wildman–Crippen LogP) is 2.93. The zero-order valence-electron chi connectivity index (χ0n) is 16.7. The maximum absolute atomic E-state index is 13.2. The van der Waals surface area contributed by atoms with Crippen molar-refractivity contribution >= 4 is 12.0 Å². The second kappa shape index (κ2) is 9.82. The Morgan fingerprint density at radius 1 is 1.11 bits per heavy atom. The minimum Gasteiger partial charge on any atom is -0.444 e. The van der Waals surface area contributed by atoms with Crippen LogP contribution in [0.4, 0.5) is 13.6 Å². The van der Waals surface area contributed by atoms with Crippen molar-refractivity contribution in [3.8, 4) is 0 Å². The van der Waals surface area contributed by atoms with Crippen molar-refractivity contribution in [2.45, 2.75) is 39.2 Å². The van der Waals surface area contributed by atoms with E-state index in [1.807, 2.05) is 20.8 Å². The first-order valence-electron chi connectivity index (χ1n) is 9.56. The molecule has 2 rings (SSSR count). The van der Waals surface area contributed by atoms with Crippen molar-refractivity contribution in [1.29, 1.82) is 0 Å². The molecule has 0 atom stereocenters. The lowest BCUT2D eigenvalue weighted by Gasteiger charge is -2.32. The molecule has 1 aliphatic rings. The molecule has 2 amide bonds. The van der Waals surface area contributed by atoms with Crippen LogP contribution in [0.2, 0.25) is 0 Å². The average molecular weight is 397 g/mol. The predicted molar refractivity (Wildman–Crippen MR) is 102 cm³/mol. The summed E-state index contributed by atoms with van der Waals surface area (Å²) in [6.07, 6.45) is 1.40. The molecule has 1 aromatic carbocycles. The van der Waals surface area contributed by atoms with Crippen LogP contribution in [0.25, 0.3) is 0 Å². The van der Waals surface area contributed by atoms with Crippen LogP contribution >= 0.6 is 0 Å². The van der Waals surface area contributed by atoms with Crippen LogP contribution in [0, 0.1) is 17.6 Å². The Balaban J connectivity index is 1.64. The highest BCUT2D eigenvalue weighted by Crippen LogP contribution is 2.16. The van der Waals surface area contributed by atoms with Gasteiger partial charge < -0.3 is 20.3 Å². The molecule has 1 saturated heterocycles. The molecule has 0 radical (unpaired) electrons. The van der Waals surface area contributed by atoms with Crippen molar-refractivity contribution in [3.63, 3.8) is 0 Å². The zero-order chi connectivity index (χ0) is 20.7. The quantitative estimate of drug-likeness (QED) is 0.774. The summed E-state index contributed by atoms with van der Waals surface area (Å²) in [5, 5.41) is 5.50. The molecule has 0 saturated carbocycles. The molecule has 0 aliphatic carbocycles. The Labute approximate surface area is 164 Å². The molecular weight excluding hydrogens is 368 g/mol. The van der Waals surface area contributed by atoms with Crippen LogP contribution in [0.15, 0.2) is 18.2 Å². The van der Waals surface area contributed by atoms with Crippen LogP contribution in [0.3, 0.4) is 0 Å². The van der Waals surface area contributed by atoms with Crippen molar-refractivity contribution in [2.75, 3.05) is 32.7 Å². The zero-order valence-corrected chi connectivity index (χ0v) is 16.7. The second-order valence-electron chi connectivity index (χ2n) is 8.08. The van der Waals surface area contributed by atoms with Gasteiger partial charge in [0.15, 0.2) is 0 Å². The highest BCUT2D eigenvalue weighted by atomic mass is 19.1. The van der Waals surface area contributed by atoms with E-state index in [-0.39, 0.29) is 5.56 Å². The van der Waals surface area contributed by atoms with E-state index in [2.05, 4.69) is 15.5 Å². The van der Waals surface area contributed by atoms with Gasteiger partial charge in [0.25, 0.3) is 5.91 Å². The summed E-state index contributed by atoms with van der Waals surface area (Å²) in [5.74, 6) is -1.68. The third kappa shape index (κ3) is 7.80. The standard InChI is InChI=1S/C20H29F2N3O3/c1-20(2,3)28-19(27)23-6-9-25-7-4-14(5-8-25)13-24-18(26)15-10-16(21)12-17(22)11-15/h10-12,14H,4-9,13H2,1-3H3,(H,23,27)(H,24,26). The summed E-state index contributed by atoms with van der Waals surface area (Å²) in [4.78, 5) is 25.9. The van der Waals surface area contributed by atoms with Crippen LogP contribution < -0.4 is 10.6 Å². The van der Waals surface area contributed by atoms with Gasteiger partial charge in [0.05, 0.1) is 0 Å². The number of ether oxygens (including phenoxy) is 1. The number of nitrogens with zero attached hydrogens (tertiary/aromatic N) is 1. The maximum atomic E-state index is 13.2. The molecule has 0 aromatic heterocycles. The van der Waals surface area contributed by atoms with Gasteiger partial charge >= 0.3 is 6.09 Å². The number of likely N-dealkylation sites (tertiary alicyclic amines) is 1. The largest absolute Gasteiger partial charge is 0.444 e. The molecule has 28 heavy (non-hydrogen) atoms. The van der Waals surface area contributed by atoms with Gasteiger partial charge in [-0.15, -0.1) is 0 Å². The number of alkyl carbamates (subject to hydrolysis) is 1. The Bertz CT molecular complexity index is 664. The molecule has 156 valence electrons. The SMILES string of the molecule is CC(C)(C)OC(=O)NCCN1CCC(CNC(=O)c2cc(F)cc(F)c2)CC1. The van der Waals surface area contributed by atoms with Gasteiger partial charge in [0, 0.05) is 31.3 Å². The van der Waals surface area contributed by atoms with E-state index in [0.717, 1.165) is 50.7 Å². The number of carbonyl (C=O) groups excluding carboxylic acids is 2. The van der Waals surface area contributed by atoms with Crippen LogP contribution in [0.5, 0.6) is 0 Å². The van der Waals surface area contributed by atoms with E-state index >= 15 is 0 Å². The maximum Gasteiger partial charge on any atom is 0.407 e. The number of benzene rings is 1. The number of amides is 2. The van der Waals surface area contributed by atoms with Crippen molar-refractivity contribution in [2.24, 2.45) is 5.92 Å². The summed E-state index contributed by atoms with van der Waals surface area (Å²) in [6.45, 7) is 8.92. The third-order valence-corrected chi connectivity index (χ3v) is 4.48. The first-order chi connectivity index (χ1) is 13.1. The molecule has 6 nitrogen and oxygen atoms in total. The summed E-state index contributed by atoms with van der Waals surface area (Å²) < 4.78 is 31.6. The monoisotopic (exact) mass is 397 g/mol. The smallest absolute Gasteiger partial charge is 0.407 e. The molecule has 2 N–H and O–H groups in total. The number of piperidine rings is 1. The molecule has 8 heteroatoms. The molecule has 1 fully saturated rings. The van der Waals surface area contributed by atoms with Gasteiger partial charge in [0.1, 0.15) is 17.2 Å². The number of halogens is 2. The lowest BCUT2D eigenvalue weighted by Crippen LogP contribution is -2.42. The van der Waals surface area contributed by atoms with Gasteiger partial charge in [0.2, 0.25) is 0 Å².